The van der Waals surface area contributed by atoms with E-state index in [1.165, 1.54) is 23.1 Å². The molecule has 0 aliphatic rings. The summed E-state index contributed by atoms with van der Waals surface area (Å²) in [6.45, 7) is 4.34. The lowest BCUT2D eigenvalue weighted by Crippen LogP contribution is -2.13. The van der Waals surface area contributed by atoms with Crippen LogP contribution in [0.15, 0.2) is 32.9 Å². The van der Waals surface area contributed by atoms with Crippen LogP contribution in [0.1, 0.15) is 13.8 Å². The van der Waals surface area contributed by atoms with E-state index in [-0.39, 0.29) is 5.91 Å². The van der Waals surface area contributed by atoms with Gasteiger partial charge >= 0.3 is 0 Å². The molecule has 0 radical (unpaired) electrons. The van der Waals surface area contributed by atoms with E-state index in [4.69, 9.17) is 11.6 Å². The van der Waals surface area contributed by atoms with Crippen LogP contribution in [-0.4, -0.2) is 27.6 Å². The average molecular weight is 374 g/mol. The lowest BCUT2D eigenvalue weighted by Gasteiger charge is -2.03. The van der Waals surface area contributed by atoms with E-state index in [1.807, 2.05) is 0 Å². The third-order valence-electron chi connectivity index (χ3n) is 2.38. The van der Waals surface area contributed by atoms with E-state index in [2.05, 4.69) is 29.4 Å². The minimum absolute atomic E-state index is 0.0705. The Morgan fingerprint density at radius 2 is 1.86 bits per heavy atom. The highest BCUT2D eigenvalue weighted by Gasteiger charge is 2.09. The maximum absolute atomic E-state index is 11.9. The minimum atomic E-state index is -0.0705. The topological polar surface area (TPSA) is 54.9 Å². The fourth-order valence-electron chi connectivity index (χ4n) is 1.41. The standard InChI is InChI=1S/C14H16ClN3OS3/c1-9(2)7-20-13-17-18-14(22-13)21-8-12(19)16-11-5-3-10(15)4-6-11/h3-6,9H,7-8H2,1-2H3,(H,16,19). The Balaban J connectivity index is 1.77. The number of anilines is 1. The van der Waals surface area contributed by atoms with Gasteiger partial charge in [0.1, 0.15) is 0 Å². The van der Waals surface area contributed by atoms with Crippen LogP contribution < -0.4 is 5.32 Å². The number of nitrogens with one attached hydrogen (secondary N) is 1. The van der Waals surface area contributed by atoms with Crippen molar-refractivity contribution >= 4 is 58.1 Å². The van der Waals surface area contributed by atoms with Gasteiger partial charge in [-0.2, -0.15) is 0 Å². The molecule has 0 aliphatic carbocycles. The minimum Gasteiger partial charge on any atom is -0.325 e. The maximum Gasteiger partial charge on any atom is 0.234 e. The molecule has 0 spiro atoms. The first-order chi connectivity index (χ1) is 10.5. The fraction of sp³-hybridized carbons (Fsp3) is 0.357. The van der Waals surface area contributed by atoms with E-state index in [1.54, 1.807) is 36.0 Å². The first kappa shape index (κ1) is 17.6. The molecule has 1 aromatic heterocycles. The van der Waals surface area contributed by atoms with Crippen molar-refractivity contribution in [3.63, 3.8) is 0 Å². The van der Waals surface area contributed by atoms with Crippen LogP contribution in [0.25, 0.3) is 0 Å². The van der Waals surface area contributed by atoms with Crippen LogP contribution in [0.2, 0.25) is 5.02 Å². The summed E-state index contributed by atoms with van der Waals surface area (Å²) < 4.78 is 1.77. The largest absolute Gasteiger partial charge is 0.325 e. The number of carbonyl (C=O) groups excluding carboxylic acids is 1. The smallest absolute Gasteiger partial charge is 0.234 e. The summed E-state index contributed by atoms with van der Waals surface area (Å²) in [6.07, 6.45) is 0. The van der Waals surface area contributed by atoms with Gasteiger partial charge in [0.05, 0.1) is 5.75 Å². The first-order valence-corrected chi connectivity index (χ1v) is 9.84. The molecule has 0 bridgehead atoms. The predicted molar refractivity (Wildman–Crippen MR) is 96.3 cm³/mol. The summed E-state index contributed by atoms with van der Waals surface area (Å²) in [5, 5.41) is 11.7. The number of rotatable bonds is 7. The van der Waals surface area contributed by atoms with Gasteiger partial charge in [-0.3, -0.25) is 4.79 Å². The SMILES string of the molecule is CC(C)CSc1nnc(SCC(=O)Nc2ccc(Cl)cc2)s1. The number of nitrogens with zero attached hydrogens (tertiary/aromatic N) is 2. The molecule has 0 unspecified atom stereocenters. The maximum atomic E-state index is 11.9. The van der Waals surface area contributed by atoms with Crippen LogP contribution >= 0.6 is 46.5 Å². The number of hydrogen-bond acceptors (Lipinski definition) is 6. The van der Waals surface area contributed by atoms with Crippen LogP contribution in [0.5, 0.6) is 0 Å². The van der Waals surface area contributed by atoms with Gasteiger partial charge in [0.15, 0.2) is 8.68 Å². The number of carbonyl (C=O) groups is 1. The van der Waals surface area contributed by atoms with Crippen LogP contribution in [0, 0.1) is 5.92 Å². The fourth-order valence-corrected chi connectivity index (χ4v) is 4.33. The van der Waals surface area contributed by atoms with Gasteiger partial charge < -0.3 is 5.32 Å². The summed E-state index contributed by atoms with van der Waals surface area (Å²) in [5.74, 6) is 1.89. The highest BCUT2D eigenvalue weighted by Crippen LogP contribution is 2.29. The quantitative estimate of drug-likeness (QED) is 0.714. The monoisotopic (exact) mass is 373 g/mol. The second-order valence-electron chi connectivity index (χ2n) is 4.88. The average Bonchev–Trinajstić information content (AvgIpc) is 2.93. The van der Waals surface area contributed by atoms with Gasteiger partial charge in [-0.15, -0.1) is 10.2 Å². The summed E-state index contributed by atoms with van der Waals surface area (Å²) in [7, 11) is 0. The molecule has 2 rings (SSSR count). The molecule has 0 aliphatic heterocycles. The molecule has 2 aromatic rings. The number of hydrogen-bond donors (Lipinski definition) is 1. The molecule has 1 amide bonds. The molecule has 8 heteroatoms. The molecular weight excluding hydrogens is 358 g/mol. The molecule has 22 heavy (non-hydrogen) atoms. The van der Waals surface area contributed by atoms with E-state index < -0.39 is 0 Å². The third kappa shape index (κ3) is 6.16. The number of thioether (sulfide) groups is 2. The highest BCUT2D eigenvalue weighted by molar-refractivity contribution is 8.03. The van der Waals surface area contributed by atoms with Crippen molar-refractivity contribution < 1.29 is 4.79 Å². The second-order valence-corrected chi connectivity index (χ2v) is 8.79. The second kappa shape index (κ2) is 8.76. The molecular formula is C14H16ClN3OS3. The van der Waals surface area contributed by atoms with Crippen molar-refractivity contribution in [1.29, 1.82) is 0 Å². The summed E-state index contributed by atoms with van der Waals surface area (Å²) >= 11 is 10.4. The number of benzene rings is 1. The van der Waals surface area contributed by atoms with E-state index >= 15 is 0 Å². The number of aromatic nitrogens is 2. The van der Waals surface area contributed by atoms with Gasteiger partial charge in [-0.1, -0.05) is 60.3 Å². The first-order valence-electron chi connectivity index (χ1n) is 6.67. The molecule has 118 valence electrons. The zero-order valence-electron chi connectivity index (χ0n) is 12.2. The Kier molecular flexibility index (Phi) is 7.01. The van der Waals surface area contributed by atoms with E-state index in [9.17, 15) is 4.79 Å². The number of halogens is 1. The molecule has 1 N–H and O–H groups in total. The molecule has 0 saturated carbocycles. The van der Waals surface area contributed by atoms with Gasteiger partial charge in [0, 0.05) is 16.5 Å². The zero-order valence-corrected chi connectivity index (χ0v) is 15.4. The lowest BCUT2D eigenvalue weighted by molar-refractivity contribution is -0.113. The highest BCUT2D eigenvalue weighted by atomic mass is 35.5. The summed E-state index contributed by atoms with van der Waals surface area (Å²) in [4.78, 5) is 11.9. The third-order valence-corrected chi connectivity index (χ3v) is 6.25. The van der Waals surface area contributed by atoms with Gasteiger partial charge in [0.2, 0.25) is 5.91 Å². The van der Waals surface area contributed by atoms with Crippen molar-refractivity contribution in [2.24, 2.45) is 5.92 Å². The van der Waals surface area contributed by atoms with Crippen molar-refractivity contribution in [2.45, 2.75) is 22.5 Å². The van der Waals surface area contributed by atoms with Gasteiger partial charge in [0.25, 0.3) is 0 Å². The van der Waals surface area contributed by atoms with Crippen molar-refractivity contribution in [1.82, 2.24) is 10.2 Å². The summed E-state index contributed by atoms with van der Waals surface area (Å²) in [6, 6.07) is 7.04. The molecule has 4 nitrogen and oxygen atoms in total. The van der Waals surface area contributed by atoms with Crippen LogP contribution in [-0.2, 0) is 4.79 Å². The molecule has 0 saturated heterocycles. The van der Waals surface area contributed by atoms with Gasteiger partial charge in [-0.05, 0) is 30.2 Å². The van der Waals surface area contributed by atoms with Crippen LogP contribution in [0.3, 0.4) is 0 Å². The van der Waals surface area contributed by atoms with E-state index in [0.717, 1.165) is 20.1 Å². The van der Waals surface area contributed by atoms with Crippen molar-refractivity contribution in [3.05, 3.63) is 29.3 Å². The van der Waals surface area contributed by atoms with E-state index in [0.29, 0.717) is 16.7 Å². The van der Waals surface area contributed by atoms with Gasteiger partial charge in [-0.25, -0.2) is 0 Å². The molecule has 0 atom stereocenters. The number of amides is 1. The Hall–Kier alpha value is -0.760. The molecule has 1 heterocycles. The molecule has 0 fully saturated rings. The Morgan fingerprint density at radius 3 is 2.50 bits per heavy atom. The normalized spacial score (nSPS) is 10.9. The Bertz CT molecular complexity index is 616. The Morgan fingerprint density at radius 1 is 1.23 bits per heavy atom. The van der Waals surface area contributed by atoms with Crippen molar-refractivity contribution in [2.75, 3.05) is 16.8 Å². The lowest BCUT2D eigenvalue weighted by atomic mass is 10.3. The Labute approximate surface area is 147 Å². The predicted octanol–water partition coefficient (Wildman–Crippen LogP) is 4.67. The van der Waals surface area contributed by atoms with Crippen LogP contribution in [0.4, 0.5) is 5.69 Å². The zero-order chi connectivity index (χ0) is 15.9. The summed E-state index contributed by atoms with van der Waals surface area (Å²) in [5.41, 5.74) is 0.737. The molecule has 1 aromatic carbocycles. The van der Waals surface area contributed by atoms with Crippen molar-refractivity contribution in [3.8, 4) is 0 Å².